The minimum Gasteiger partial charge on any atom is -0.310 e. The Labute approximate surface area is 119 Å². The van der Waals surface area contributed by atoms with Gasteiger partial charge in [0.25, 0.3) is 0 Å². The molecule has 1 atom stereocenters. The van der Waals surface area contributed by atoms with Crippen LogP contribution >= 0.6 is 11.3 Å². The lowest BCUT2D eigenvalue weighted by atomic mass is 10.0. The Morgan fingerprint density at radius 3 is 2.63 bits per heavy atom. The van der Waals surface area contributed by atoms with Crippen molar-refractivity contribution in [1.82, 2.24) is 10.3 Å². The van der Waals surface area contributed by atoms with Gasteiger partial charge in [0.15, 0.2) is 0 Å². The Hall–Kier alpha value is -1.19. The number of aryl methyl sites for hydroxylation is 2. The lowest BCUT2D eigenvalue weighted by Gasteiger charge is -2.19. The Balaban J connectivity index is 2.18. The van der Waals surface area contributed by atoms with Crippen LogP contribution < -0.4 is 5.32 Å². The maximum atomic E-state index is 4.41. The van der Waals surface area contributed by atoms with Crippen LogP contribution in [0.2, 0.25) is 0 Å². The van der Waals surface area contributed by atoms with E-state index < -0.39 is 0 Å². The summed E-state index contributed by atoms with van der Waals surface area (Å²) in [4.78, 5) is 7.32. The zero-order valence-corrected chi connectivity index (χ0v) is 12.8. The highest BCUT2D eigenvalue weighted by atomic mass is 32.1. The molecule has 1 unspecified atom stereocenters. The van der Waals surface area contributed by atoms with E-state index in [-0.39, 0.29) is 0 Å². The molecule has 0 aliphatic heterocycles. The molecule has 1 N–H and O–H groups in total. The Morgan fingerprint density at radius 2 is 2.00 bits per heavy atom. The molecule has 2 heterocycles. The summed E-state index contributed by atoms with van der Waals surface area (Å²) in [5, 5.41) is 3.58. The molecule has 0 aliphatic rings. The van der Waals surface area contributed by atoms with E-state index in [4.69, 9.17) is 0 Å². The molecule has 0 fully saturated rings. The van der Waals surface area contributed by atoms with Crippen molar-refractivity contribution in [3.63, 3.8) is 0 Å². The van der Waals surface area contributed by atoms with Crippen molar-refractivity contribution >= 4 is 11.3 Å². The van der Waals surface area contributed by atoms with Crippen molar-refractivity contribution in [2.75, 3.05) is 6.54 Å². The summed E-state index contributed by atoms with van der Waals surface area (Å²) in [5.41, 5.74) is 2.44. The second kappa shape index (κ2) is 6.83. The highest BCUT2D eigenvalue weighted by Crippen LogP contribution is 2.25. The van der Waals surface area contributed by atoms with E-state index in [2.05, 4.69) is 49.3 Å². The summed E-state index contributed by atoms with van der Waals surface area (Å²) in [6.45, 7) is 7.43. The molecule has 2 rings (SSSR count). The first-order valence-electron chi connectivity index (χ1n) is 6.97. The van der Waals surface area contributed by atoms with Gasteiger partial charge in [0.1, 0.15) is 0 Å². The molecule has 0 spiro atoms. The molecule has 2 nitrogen and oxygen atoms in total. The highest BCUT2D eigenvalue weighted by Gasteiger charge is 2.14. The smallest absolute Gasteiger partial charge is 0.0420 e. The van der Waals surface area contributed by atoms with E-state index in [0.29, 0.717) is 6.04 Å². The number of likely N-dealkylation sites (N-methyl/N-ethyl adjacent to an activating group) is 1. The first-order valence-corrected chi connectivity index (χ1v) is 7.78. The van der Waals surface area contributed by atoms with Crippen molar-refractivity contribution in [1.29, 1.82) is 0 Å². The molecule has 102 valence electrons. The summed E-state index contributed by atoms with van der Waals surface area (Å²) in [6, 6.07) is 9.09. The van der Waals surface area contributed by atoms with Gasteiger partial charge in [-0.3, -0.25) is 4.98 Å². The fraction of sp³-hybridized carbons (Fsp3) is 0.438. The maximum Gasteiger partial charge on any atom is 0.0420 e. The second-order valence-electron chi connectivity index (χ2n) is 4.71. The average Bonchev–Trinajstić information content (AvgIpc) is 2.87. The molecule has 0 amide bonds. The first-order chi connectivity index (χ1) is 9.24. The Bertz CT molecular complexity index is 519. The molecule has 3 heteroatoms. The third-order valence-corrected chi connectivity index (χ3v) is 4.60. The summed E-state index contributed by atoms with van der Waals surface area (Å²) < 4.78 is 0. The van der Waals surface area contributed by atoms with Gasteiger partial charge in [-0.05, 0) is 43.7 Å². The Kier molecular flexibility index (Phi) is 5.11. The minimum absolute atomic E-state index is 0.363. The number of aromatic nitrogens is 1. The number of hydrogen-bond donors (Lipinski definition) is 1. The predicted molar refractivity (Wildman–Crippen MR) is 82.8 cm³/mol. The third kappa shape index (κ3) is 3.64. The average molecular weight is 274 g/mol. The molecule has 0 saturated heterocycles. The van der Waals surface area contributed by atoms with Crippen molar-refractivity contribution in [3.05, 3.63) is 51.5 Å². The number of nitrogens with one attached hydrogen (secondary N) is 1. The van der Waals surface area contributed by atoms with Crippen LogP contribution in [-0.4, -0.2) is 11.5 Å². The van der Waals surface area contributed by atoms with Crippen molar-refractivity contribution in [2.24, 2.45) is 0 Å². The minimum atomic E-state index is 0.363. The van der Waals surface area contributed by atoms with Gasteiger partial charge in [0, 0.05) is 34.1 Å². The predicted octanol–water partition coefficient (Wildman–Crippen LogP) is 3.91. The topological polar surface area (TPSA) is 24.9 Å². The molecular formula is C16H22N2S. The zero-order valence-electron chi connectivity index (χ0n) is 11.9. The zero-order chi connectivity index (χ0) is 13.7. The van der Waals surface area contributed by atoms with E-state index in [1.807, 2.05) is 23.6 Å². The van der Waals surface area contributed by atoms with Gasteiger partial charge in [-0.1, -0.05) is 19.9 Å². The maximum absolute atomic E-state index is 4.41. The molecule has 2 aromatic rings. The summed E-state index contributed by atoms with van der Waals surface area (Å²) in [5.74, 6) is 0. The Morgan fingerprint density at radius 1 is 1.21 bits per heavy atom. The van der Waals surface area contributed by atoms with Crippen LogP contribution in [0.4, 0.5) is 0 Å². The quantitative estimate of drug-likeness (QED) is 0.864. The van der Waals surface area contributed by atoms with Gasteiger partial charge in [-0.25, -0.2) is 0 Å². The molecular weight excluding hydrogens is 252 g/mol. The van der Waals surface area contributed by atoms with E-state index in [0.717, 1.165) is 25.1 Å². The van der Waals surface area contributed by atoms with Gasteiger partial charge < -0.3 is 5.32 Å². The summed E-state index contributed by atoms with van der Waals surface area (Å²) in [7, 11) is 0. The summed E-state index contributed by atoms with van der Waals surface area (Å²) >= 11 is 1.93. The third-order valence-electron chi connectivity index (χ3n) is 3.34. The van der Waals surface area contributed by atoms with Gasteiger partial charge >= 0.3 is 0 Å². The van der Waals surface area contributed by atoms with Gasteiger partial charge in [-0.2, -0.15) is 0 Å². The molecule has 0 saturated carbocycles. The van der Waals surface area contributed by atoms with Crippen molar-refractivity contribution in [3.8, 4) is 0 Å². The fourth-order valence-electron chi connectivity index (χ4n) is 2.33. The lowest BCUT2D eigenvalue weighted by molar-refractivity contribution is 0.548. The van der Waals surface area contributed by atoms with Crippen LogP contribution in [0.25, 0.3) is 0 Å². The molecule has 0 aromatic carbocycles. The molecule has 19 heavy (non-hydrogen) atoms. The molecule has 0 aliphatic carbocycles. The number of pyridine rings is 1. The van der Waals surface area contributed by atoms with E-state index in [9.17, 15) is 0 Å². The largest absolute Gasteiger partial charge is 0.310 e. The van der Waals surface area contributed by atoms with Crippen LogP contribution in [0.15, 0.2) is 30.5 Å². The van der Waals surface area contributed by atoms with Crippen LogP contribution in [0.3, 0.4) is 0 Å². The van der Waals surface area contributed by atoms with E-state index >= 15 is 0 Å². The van der Waals surface area contributed by atoms with Crippen LogP contribution in [0.1, 0.15) is 40.9 Å². The first kappa shape index (κ1) is 14.2. The molecule has 0 bridgehead atoms. The normalized spacial score (nSPS) is 12.6. The standard InChI is InChI=1S/C16H22N2S/c1-4-13-8-9-14(19-13)11-16(17-5-2)15-7-6-10-18-12(15)3/h6-10,16-17H,4-5,11H2,1-3H3. The van der Waals surface area contributed by atoms with E-state index in [1.54, 1.807) is 0 Å². The second-order valence-corrected chi connectivity index (χ2v) is 5.97. The van der Waals surface area contributed by atoms with Crippen LogP contribution in [0.5, 0.6) is 0 Å². The van der Waals surface area contributed by atoms with Gasteiger partial charge in [-0.15, -0.1) is 11.3 Å². The number of rotatable bonds is 6. The van der Waals surface area contributed by atoms with Crippen molar-refractivity contribution in [2.45, 2.75) is 39.7 Å². The van der Waals surface area contributed by atoms with Crippen LogP contribution in [-0.2, 0) is 12.8 Å². The van der Waals surface area contributed by atoms with Gasteiger partial charge in [0.05, 0.1) is 0 Å². The van der Waals surface area contributed by atoms with Gasteiger partial charge in [0.2, 0.25) is 0 Å². The van der Waals surface area contributed by atoms with Crippen LogP contribution in [0, 0.1) is 6.92 Å². The monoisotopic (exact) mass is 274 g/mol. The lowest BCUT2D eigenvalue weighted by Crippen LogP contribution is -2.23. The number of nitrogens with zero attached hydrogens (tertiary/aromatic N) is 1. The molecule has 0 radical (unpaired) electrons. The summed E-state index contributed by atoms with van der Waals surface area (Å²) in [6.07, 6.45) is 4.04. The fourth-order valence-corrected chi connectivity index (χ4v) is 3.33. The number of hydrogen-bond acceptors (Lipinski definition) is 3. The molecule has 2 aromatic heterocycles. The van der Waals surface area contributed by atoms with E-state index in [1.165, 1.54) is 15.3 Å². The van der Waals surface area contributed by atoms with Crippen molar-refractivity contribution < 1.29 is 0 Å². The SMILES string of the molecule is CCNC(Cc1ccc(CC)s1)c1cccnc1C. The number of thiophene rings is 1. The highest BCUT2D eigenvalue weighted by molar-refractivity contribution is 7.11.